The van der Waals surface area contributed by atoms with Gasteiger partial charge in [0.2, 0.25) is 28.8 Å². The Hall–Kier alpha value is -7.81. The van der Waals surface area contributed by atoms with Gasteiger partial charge in [0.15, 0.2) is 22.6 Å². The van der Waals surface area contributed by atoms with Gasteiger partial charge in [-0.25, -0.2) is 24.9 Å². The molecule has 770 valence electrons. The molecule has 8 heterocycles. The second-order valence-electron chi connectivity index (χ2n) is 35.1. The number of hydrogen-bond acceptors (Lipinski definition) is 32. The number of benzene rings is 2. The van der Waals surface area contributed by atoms with E-state index in [-0.39, 0.29) is 178 Å². The van der Waals surface area contributed by atoms with Gasteiger partial charge in [-0.15, -0.1) is 0 Å². The SMILES string of the molecule is CCCCC[C@@](C)(N)CCC(C)=O.CCCCC[C@](C)(CCC(C)=O)Nc1nc(Cl)nc2cccnc12.CCCCC[C@](C)(CCC(C)=O)Nc1nc(N)nc2cccnc12.CCCCC[C@](C)(CCC(C)=O)Nc1nc(NCc2ccc(OC)cc2OC)nc2cccnc12.CCN(C(C)C)C(C)C.COc1ccc(CN)c(OC)c1.Clc1nc(Cl)c2ncccc2n1.O=CC(F)(F)F.O=CO[O-].[H-].[K+].[K+]. The van der Waals surface area contributed by atoms with E-state index >= 15 is 0 Å². The third-order valence-electron chi connectivity index (χ3n) is 22.0. The molecule has 141 heavy (non-hydrogen) atoms. The third kappa shape index (κ3) is 54.8. The van der Waals surface area contributed by atoms with Gasteiger partial charge in [0.05, 0.1) is 50.5 Å². The van der Waals surface area contributed by atoms with E-state index in [4.69, 9.17) is 90.8 Å². The van der Waals surface area contributed by atoms with Crippen LogP contribution in [0.1, 0.15) is 284 Å². The molecule has 0 bridgehead atoms. The zero-order valence-corrected chi connectivity index (χ0v) is 95.5. The van der Waals surface area contributed by atoms with Gasteiger partial charge in [-0.05, 0) is 231 Å². The van der Waals surface area contributed by atoms with E-state index in [1.807, 2.05) is 79.7 Å². The average molecular weight is 2080 g/mol. The van der Waals surface area contributed by atoms with Gasteiger partial charge in [-0.1, -0.05) is 129 Å². The van der Waals surface area contributed by atoms with E-state index in [1.54, 1.807) is 93.1 Å². The number of carbonyl (C=O) groups excluding carboxylic acids is 6. The predicted molar refractivity (Wildman–Crippen MR) is 551 cm³/mol. The van der Waals surface area contributed by atoms with Crippen LogP contribution in [-0.4, -0.2) is 176 Å². The van der Waals surface area contributed by atoms with Gasteiger partial charge in [0, 0.05) is 121 Å². The molecule has 10 aromatic rings. The Morgan fingerprint density at radius 2 is 0.816 bits per heavy atom. The minimum Gasteiger partial charge on any atom is -1.00 e. The van der Waals surface area contributed by atoms with E-state index < -0.39 is 12.5 Å². The number of nitrogens with one attached hydrogen (secondary N) is 4. The molecular formula is C101H150Cl3F3K2N20O12. The summed E-state index contributed by atoms with van der Waals surface area (Å²) in [7, 11) is 6.51. The molecule has 2 aromatic carbocycles. The number of aromatic nitrogens is 12. The van der Waals surface area contributed by atoms with Gasteiger partial charge in [0.1, 0.15) is 68.2 Å². The molecule has 0 aliphatic heterocycles. The number of pyridine rings is 4. The van der Waals surface area contributed by atoms with E-state index in [0.29, 0.717) is 107 Å². The molecule has 0 fully saturated rings. The number of anilines is 5. The molecule has 0 unspecified atom stereocenters. The number of carbonyl (C=O) groups is 6. The van der Waals surface area contributed by atoms with Crippen molar-refractivity contribution in [2.75, 3.05) is 62.0 Å². The molecule has 8 aromatic heterocycles. The van der Waals surface area contributed by atoms with Crippen LogP contribution in [0.3, 0.4) is 0 Å². The number of ketones is 4. The van der Waals surface area contributed by atoms with Crippen LogP contribution in [0.4, 0.5) is 42.5 Å². The quantitative estimate of drug-likeness (QED) is 0.00354. The summed E-state index contributed by atoms with van der Waals surface area (Å²) in [5.41, 5.74) is 24.0. The zero-order valence-electron chi connectivity index (χ0n) is 88.0. The Morgan fingerprint density at radius 3 is 1.16 bits per heavy atom. The molecule has 4 atom stereocenters. The Labute approximate surface area is 932 Å². The van der Waals surface area contributed by atoms with Crippen LogP contribution < -0.4 is 165 Å². The number of nitrogens with two attached hydrogens (primary N) is 3. The summed E-state index contributed by atoms with van der Waals surface area (Å²) in [6.45, 7) is 36.9. The molecule has 10 rings (SSSR count). The smallest absolute Gasteiger partial charge is 1.00 e. The van der Waals surface area contributed by atoms with Crippen LogP contribution in [-0.2, 0) is 46.7 Å². The first-order chi connectivity index (χ1) is 65.9. The van der Waals surface area contributed by atoms with Crippen LogP contribution in [0.25, 0.3) is 44.1 Å². The van der Waals surface area contributed by atoms with Gasteiger partial charge in [-0.2, -0.15) is 28.1 Å². The number of Topliss-reactive ketones (excluding diaryl/α,β-unsaturated/α-hetero) is 4. The number of halogens is 6. The molecule has 32 nitrogen and oxygen atoms in total. The van der Waals surface area contributed by atoms with Crippen molar-refractivity contribution in [1.82, 2.24) is 64.7 Å². The number of hydrogen-bond donors (Lipinski definition) is 7. The van der Waals surface area contributed by atoms with Gasteiger partial charge in [0.25, 0.3) is 6.47 Å². The number of rotatable bonds is 46. The van der Waals surface area contributed by atoms with Crippen molar-refractivity contribution < 1.29 is 175 Å². The average Bonchev–Trinajstić information content (AvgIpc) is 0.810. The predicted octanol–water partition coefficient (Wildman–Crippen LogP) is 15.9. The first-order valence-corrected chi connectivity index (χ1v) is 48.2. The molecule has 0 saturated carbocycles. The summed E-state index contributed by atoms with van der Waals surface area (Å²) in [4.78, 5) is 119. The normalized spacial score (nSPS) is 12.3. The molecule has 40 heteroatoms. The molecule has 0 amide bonds. The van der Waals surface area contributed by atoms with Gasteiger partial charge < -0.3 is 88.2 Å². The number of nitrogens with zero attached hydrogens (tertiary/aromatic N) is 13. The number of ether oxygens (including phenoxy) is 4. The number of nitrogen functional groups attached to an aromatic ring is 1. The summed E-state index contributed by atoms with van der Waals surface area (Å²) in [5.74, 6) is 6.50. The Balaban J connectivity index is 0. The van der Waals surface area contributed by atoms with Crippen molar-refractivity contribution >= 4 is 144 Å². The first-order valence-electron chi connectivity index (χ1n) is 47.1. The summed E-state index contributed by atoms with van der Waals surface area (Å²) in [6, 6.07) is 27.4. The zero-order chi connectivity index (χ0) is 104. The number of aldehydes is 1. The maximum Gasteiger partial charge on any atom is 1.00 e. The fraction of sp³-hybridized carbons (Fsp3) is 0.545. The fourth-order valence-corrected chi connectivity index (χ4v) is 14.9. The molecule has 0 aliphatic rings. The Bertz CT molecular complexity index is 5210. The van der Waals surface area contributed by atoms with Crippen molar-refractivity contribution in [3.63, 3.8) is 0 Å². The molecule has 10 N–H and O–H groups in total. The fourth-order valence-electron chi connectivity index (χ4n) is 14.3. The maximum absolute atomic E-state index is 11.8. The molecule has 0 saturated heterocycles. The minimum atomic E-state index is -4.64. The second kappa shape index (κ2) is 72.5. The van der Waals surface area contributed by atoms with Crippen molar-refractivity contribution in [3.8, 4) is 23.0 Å². The minimum absolute atomic E-state index is 0. The van der Waals surface area contributed by atoms with Crippen LogP contribution in [0.2, 0.25) is 15.7 Å². The topological polar surface area (TPSA) is 456 Å². The number of fused-ring (bicyclic) bond motifs is 4. The Morgan fingerprint density at radius 1 is 0.475 bits per heavy atom. The van der Waals surface area contributed by atoms with Gasteiger partial charge in [-0.3, -0.25) is 34.4 Å². The van der Waals surface area contributed by atoms with Crippen LogP contribution in [0.5, 0.6) is 23.0 Å². The molecule has 0 radical (unpaired) electrons. The largest absolute Gasteiger partial charge is 1.00 e. The summed E-state index contributed by atoms with van der Waals surface area (Å²) in [6.07, 6.45) is 24.2. The number of unbranched alkanes of at least 4 members (excludes halogenated alkanes) is 8. The molecular weight excluding hydrogens is 1930 g/mol. The molecule has 0 aliphatic carbocycles. The molecule has 0 spiro atoms. The van der Waals surface area contributed by atoms with Crippen molar-refractivity contribution in [1.29, 1.82) is 0 Å². The van der Waals surface area contributed by atoms with E-state index in [9.17, 15) is 32.3 Å². The summed E-state index contributed by atoms with van der Waals surface area (Å²) in [5, 5.41) is 23.0. The van der Waals surface area contributed by atoms with Crippen molar-refractivity contribution in [2.45, 2.75) is 325 Å². The first kappa shape index (κ1) is 133. The maximum atomic E-state index is 11.8. The monoisotopic (exact) mass is 2080 g/mol. The van der Waals surface area contributed by atoms with Gasteiger partial charge >= 0.3 is 109 Å². The van der Waals surface area contributed by atoms with Crippen LogP contribution in [0.15, 0.2) is 110 Å². The standard InChI is InChI=1S/C27H37N5O3.C18H25ClN4O.C18H27N5O.C11H23NO.C9H13NO2.C8H19N.C7H3Cl2N3.C2HF3O.CH2O3.2K.H/c1-6-7-8-14-27(3,15-13-19(2)33)32-25-24-22(10-9-16-28-24)30-26(31-25)29-18-20-11-12-21(34-4)17-23(20)35-5;2*1-4-5-6-10-18(3,11-9-13(2)24)23-16-15-14(8-7-12-20-15)21-17(19)22-16;1-4-5-6-8-11(3,12)9-7-10(2)13;1-11-8-4-3-7(6-10)9(5-8)12-2;1-6-9(7(2)3)8(4)5;8-6-5-4(2-1-3-10-5)11-7(9)12-6;3-2(4,5)1-6;2-1-4-3;;;/h9-12,16-17H,6-8,13-15,18H2,1-5H3,(H2,29,30,31,32);7-8,12H,4-6,9-11H2,1-3H3,(H,21,22,23);7-8,12H,4-6,9-11H2,1-3H3,(H3,19,21,22,23);4-9,12H2,1-3H3;3-5H,6,10H2,1-2H3;7-8H,6H2,1-5H3;1-3H;1H;1,3H;;;/q;;;;;;;;;2*+1;-1/p-1/t27-;2*18-;11-;;;;;;;;/m1111......../s1. The number of alkyl halides is 3. The van der Waals surface area contributed by atoms with Crippen LogP contribution in [0, 0.1) is 0 Å². The van der Waals surface area contributed by atoms with E-state index in [1.165, 1.54) is 32.1 Å². The Kier molecular flexibility index (Phi) is 68.5. The van der Waals surface area contributed by atoms with Crippen LogP contribution >= 0.6 is 34.8 Å². The van der Waals surface area contributed by atoms with E-state index in [0.717, 1.165) is 148 Å². The summed E-state index contributed by atoms with van der Waals surface area (Å²) < 4.78 is 52.2. The summed E-state index contributed by atoms with van der Waals surface area (Å²) >= 11 is 17.4. The van der Waals surface area contributed by atoms with Crippen molar-refractivity contribution in [3.05, 3.63) is 137 Å². The third-order valence-corrected chi connectivity index (χ3v) is 22.6. The second-order valence-corrected chi connectivity index (χ2v) is 36.1. The number of methoxy groups -OCH3 is 4. The van der Waals surface area contributed by atoms with E-state index in [2.05, 4.69) is 169 Å². The van der Waals surface area contributed by atoms with Crippen molar-refractivity contribution in [2.24, 2.45) is 11.5 Å².